The zero-order valence-electron chi connectivity index (χ0n) is 50.5. The van der Waals surface area contributed by atoms with Gasteiger partial charge in [0.2, 0.25) is 0 Å². The Labute approximate surface area is 479 Å². The molecule has 0 bridgehead atoms. The van der Waals surface area contributed by atoms with Gasteiger partial charge in [0, 0.05) is 25.7 Å². The summed E-state index contributed by atoms with van der Waals surface area (Å²) in [7, 11) is -9.87. The Hall–Kier alpha value is -1.94. The molecule has 0 saturated heterocycles. The molecule has 0 aliphatic carbocycles. The van der Waals surface area contributed by atoms with Crippen molar-refractivity contribution in [3.8, 4) is 0 Å². The summed E-state index contributed by atoms with van der Waals surface area (Å²) in [5.74, 6) is -1.48. The molecule has 0 fully saturated rings. The molecule has 79 heavy (non-hydrogen) atoms. The smallest absolute Gasteiger partial charge is 0.462 e. The number of unbranched alkanes of at least 4 members (excludes halogenated alkanes) is 32. The van der Waals surface area contributed by atoms with Gasteiger partial charge >= 0.3 is 39.5 Å². The maximum atomic E-state index is 12.9. The van der Waals surface area contributed by atoms with E-state index in [-0.39, 0.29) is 25.7 Å². The highest BCUT2D eigenvalue weighted by atomic mass is 31.2. The SMILES string of the molecule is CCCCCCCCCCCCCCCCC(=O)O[C@H](COC(=O)CCCCCCCCCCCCC)COP(=O)(O)OC[C@@H](O)COP(=O)(O)OC[C@@H](COC(=O)CCCCCCC)OC(=O)CCCCCCCCC(C)C. The molecule has 0 amide bonds. The van der Waals surface area contributed by atoms with Crippen LogP contribution in [-0.2, 0) is 65.4 Å². The predicted octanol–water partition coefficient (Wildman–Crippen LogP) is 16.2. The van der Waals surface area contributed by atoms with E-state index >= 15 is 0 Å². The second-order valence-electron chi connectivity index (χ2n) is 22.2. The Balaban J connectivity index is 5.17. The maximum absolute atomic E-state index is 12.9. The molecule has 17 nitrogen and oxygen atoms in total. The average molecular weight is 1170 g/mol. The lowest BCUT2D eigenvalue weighted by Crippen LogP contribution is -2.30. The van der Waals surface area contributed by atoms with Crippen molar-refractivity contribution in [1.82, 2.24) is 0 Å². The number of aliphatic hydroxyl groups is 1. The van der Waals surface area contributed by atoms with Gasteiger partial charge in [0.1, 0.15) is 19.3 Å². The third kappa shape index (κ3) is 55.0. The molecule has 0 aromatic rings. The Morgan fingerprint density at radius 1 is 0.342 bits per heavy atom. The molecule has 5 atom stereocenters. The lowest BCUT2D eigenvalue weighted by molar-refractivity contribution is -0.161. The van der Waals surface area contributed by atoms with Crippen LogP contribution in [0.4, 0.5) is 0 Å². The molecule has 0 rings (SSSR count). The van der Waals surface area contributed by atoms with E-state index in [9.17, 15) is 43.2 Å². The summed E-state index contributed by atoms with van der Waals surface area (Å²) in [5.41, 5.74) is 0. The van der Waals surface area contributed by atoms with Gasteiger partial charge in [0.05, 0.1) is 26.4 Å². The van der Waals surface area contributed by atoms with E-state index in [0.717, 1.165) is 96.3 Å². The number of esters is 4. The Morgan fingerprint density at radius 3 is 0.861 bits per heavy atom. The highest BCUT2D eigenvalue weighted by Gasteiger charge is 2.30. The molecule has 0 saturated carbocycles. The van der Waals surface area contributed by atoms with Crippen LogP contribution in [0, 0.1) is 5.92 Å². The molecular weight excluding hydrogens is 1050 g/mol. The van der Waals surface area contributed by atoms with Crippen LogP contribution in [0.2, 0.25) is 0 Å². The lowest BCUT2D eigenvalue weighted by Gasteiger charge is -2.21. The quantitative estimate of drug-likeness (QED) is 0.0222. The highest BCUT2D eigenvalue weighted by molar-refractivity contribution is 7.47. The van der Waals surface area contributed by atoms with Crippen molar-refractivity contribution in [1.29, 1.82) is 0 Å². The van der Waals surface area contributed by atoms with E-state index in [1.54, 1.807) is 0 Å². The molecule has 3 N–H and O–H groups in total. The lowest BCUT2D eigenvalue weighted by atomic mass is 10.0. The minimum Gasteiger partial charge on any atom is -0.462 e. The first kappa shape index (κ1) is 77.1. The molecule has 0 aliphatic heterocycles. The van der Waals surface area contributed by atoms with Crippen LogP contribution in [0.3, 0.4) is 0 Å². The molecule has 0 spiro atoms. The predicted molar refractivity (Wildman–Crippen MR) is 312 cm³/mol. The van der Waals surface area contributed by atoms with Crippen molar-refractivity contribution in [2.24, 2.45) is 5.92 Å². The number of hydrogen-bond acceptors (Lipinski definition) is 15. The first-order valence-electron chi connectivity index (χ1n) is 31.6. The van der Waals surface area contributed by atoms with E-state index in [1.807, 2.05) is 0 Å². The number of ether oxygens (including phenoxy) is 4. The van der Waals surface area contributed by atoms with Crippen LogP contribution < -0.4 is 0 Å². The number of aliphatic hydroxyl groups excluding tert-OH is 1. The van der Waals surface area contributed by atoms with Crippen LogP contribution in [0.25, 0.3) is 0 Å². The van der Waals surface area contributed by atoms with E-state index in [2.05, 4.69) is 34.6 Å². The molecule has 0 aromatic carbocycles. The van der Waals surface area contributed by atoms with Crippen LogP contribution >= 0.6 is 15.6 Å². The molecule has 0 aromatic heterocycles. The number of carbonyl (C=O) groups excluding carboxylic acids is 4. The fourth-order valence-corrected chi connectivity index (χ4v) is 10.5. The van der Waals surface area contributed by atoms with Crippen molar-refractivity contribution in [3.05, 3.63) is 0 Å². The van der Waals surface area contributed by atoms with E-state index in [1.165, 1.54) is 116 Å². The third-order valence-electron chi connectivity index (χ3n) is 13.8. The van der Waals surface area contributed by atoms with Crippen LogP contribution in [-0.4, -0.2) is 96.7 Å². The first-order chi connectivity index (χ1) is 38.0. The fraction of sp³-hybridized carbons (Fsp3) is 0.933. The summed E-state index contributed by atoms with van der Waals surface area (Å²) in [6.07, 6.45) is 36.7. The van der Waals surface area contributed by atoms with Crippen molar-refractivity contribution in [2.45, 2.75) is 316 Å². The number of carbonyl (C=O) groups is 4. The van der Waals surface area contributed by atoms with E-state index < -0.39 is 97.5 Å². The van der Waals surface area contributed by atoms with Gasteiger partial charge in [-0.25, -0.2) is 9.13 Å². The Morgan fingerprint density at radius 2 is 0.582 bits per heavy atom. The standard InChI is InChI=1S/C60H116O17P2/c1-6-9-12-15-17-19-21-22-23-25-27-29-35-40-45-59(64)76-56(50-71-58(63)44-39-34-28-26-24-20-18-16-13-10-7-2)52-75-79(68,69)73-48-54(61)47-72-78(66,67)74-51-55(49-70-57(62)43-38-32-14-11-8-3)77-60(65)46-41-36-31-30-33-37-42-53(4)5/h53-56,61H,6-52H2,1-5H3,(H,66,67)(H,68,69)/t54-,55+,56+/m0/s1. The maximum Gasteiger partial charge on any atom is 0.472 e. The molecule has 0 radical (unpaired) electrons. The highest BCUT2D eigenvalue weighted by Crippen LogP contribution is 2.45. The van der Waals surface area contributed by atoms with E-state index in [4.69, 9.17) is 37.0 Å². The zero-order valence-corrected chi connectivity index (χ0v) is 52.3. The minimum absolute atomic E-state index is 0.101. The topological polar surface area (TPSA) is 237 Å². The zero-order chi connectivity index (χ0) is 58.5. The summed E-state index contributed by atoms with van der Waals surface area (Å²) >= 11 is 0. The normalized spacial score (nSPS) is 14.3. The third-order valence-corrected chi connectivity index (χ3v) is 15.7. The second-order valence-corrected chi connectivity index (χ2v) is 25.1. The molecule has 2 unspecified atom stereocenters. The van der Waals surface area contributed by atoms with Gasteiger partial charge in [-0.15, -0.1) is 0 Å². The number of phosphoric acid groups is 2. The van der Waals surface area contributed by atoms with Crippen molar-refractivity contribution in [2.75, 3.05) is 39.6 Å². The van der Waals surface area contributed by atoms with Gasteiger partial charge in [-0.3, -0.25) is 37.3 Å². The average Bonchev–Trinajstić information content (AvgIpc) is 3.41. The van der Waals surface area contributed by atoms with Gasteiger partial charge in [0.25, 0.3) is 0 Å². The molecule has 0 heterocycles. The molecule has 468 valence electrons. The summed E-state index contributed by atoms with van der Waals surface area (Å²) in [6, 6.07) is 0. The minimum atomic E-state index is -4.94. The number of phosphoric ester groups is 2. The van der Waals surface area contributed by atoms with E-state index in [0.29, 0.717) is 31.6 Å². The van der Waals surface area contributed by atoms with Crippen molar-refractivity contribution < 1.29 is 80.2 Å². The molecular formula is C60H116O17P2. The van der Waals surface area contributed by atoms with Gasteiger partial charge in [-0.1, -0.05) is 247 Å². The Kier molecular flexibility index (Phi) is 52.7. The Bertz CT molecular complexity index is 1550. The molecule has 0 aliphatic rings. The van der Waals surface area contributed by atoms with Gasteiger partial charge in [0.15, 0.2) is 12.2 Å². The van der Waals surface area contributed by atoms with Crippen LogP contribution in [0.5, 0.6) is 0 Å². The largest absolute Gasteiger partial charge is 0.472 e. The van der Waals surface area contributed by atoms with Crippen LogP contribution in [0.1, 0.15) is 298 Å². The summed E-state index contributed by atoms with van der Waals surface area (Å²) in [5, 5.41) is 10.5. The van der Waals surface area contributed by atoms with Gasteiger partial charge < -0.3 is 33.8 Å². The van der Waals surface area contributed by atoms with Gasteiger partial charge in [-0.05, 0) is 31.6 Å². The van der Waals surface area contributed by atoms with Gasteiger partial charge in [-0.2, -0.15) is 0 Å². The van der Waals surface area contributed by atoms with Crippen molar-refractivity contribution >= 4 is 39.5 Å². The first-order valence-corrected chi connectivity index (χ1v) is 34.6. The monoisotopic (exact) mass is 1170 g/mol. The van der Waals surface area contributed by atoms with Crippen molar-refractivity contribution in [3.63, 3.8) is 0 Å². The van der Waals surface area contributed by atoms with Crippen LogP contribution in [0.15, 0.2) is 0 Å². The summed E-state index contributed by atoms with van der Waals surface area (Å²) in [4.78, 5) is 71.7. The number of hydrogen-bond donors (Lipinski definition) is 3. The number of rotatable bonds is 60. The summed E-state index contributed by atoms with van der Waals surface area (Å²) in [6.45, 7) is 6.98. The summed E-state index contributed by atoms with van der Waals surface area (Å²) < 4.78 is 67.6. The molecule has 19 heteroatoms. The second kappa shape index (κ2) is 54.0. The fourth-order valence-electron chi connectivity index (χ4n) is 8.88.